The molecule has 4 aliphatic rings. The standard InChI is InChI=1S/C30H36N2O6/c1-19(2)25-17-37-29(35)31(25)27(33)23(15-21-11-7-5-8-12-21)24(16-22-13-9-6-10-14-22)28(34)32-26(20(3)4)18-38-30(32)36/h5-7,9,11,13,19-20,23-26H,8,12,15-18H2,1-4H3/t23-,24-,25?,26?/m1/s1. The van der Waals surface area contributed by atoms with Gasteiger partial charge >= 0.3 is 12.2 Å². The number of carbonyl (C=O) groups is 4. The molecule has 8 heteroatoms. The zero-order valence-corrected chi connectivity index (χ0v) is 22.5. The first kappa shape index (κ1) is 27.4. The van der Waals surface area contributed by atoms with E-state index in [0.29, 0.717) is 12.0 Å². The smallest absolute Gasteiger partial charge is 0.416 e. The van der Waals surface area contributed by atoms with E-state index in [1.165, 1.54) is 9.80 Å². The van der Waals surface area contributed by atoms with Crippen molar-refractivity contribution in [1.82, 2.24) is 9.80 Å². The summed E-state index contributed by atoms with van der Waals surface area (Å²) in [6.45, 7) is 7.95. The Kier molecular flexibility index (Phi) is 8.55. The molecule has 0 N–H and O–H groups in total. The van der Waals surface area contributed by atoms with Gasteiger partial charge in [-0.05, 0) is 49.7 Å². The molecule has 0 saturated carbocycles. The second-order valence-electron chi connectivity index (χ2n) is 10.9. The number of carbonyl (C=O) groups excluding carboxylic acids is 4. The van der Waals surface area contributed by atoms with Crippen LogP contribution in [-0.4, -0.2) is 59.1 Å². The van der Waals surface area contributed by atoms with Crippen molar-refractivity contribution in [3.63, 3.8) is 0 Å². The highest BCUT2D eigenvalue weighted by Gasteiger charge is 2.49. The monoisotopic (exact) mass is 520 g/mol. The van der Waals surface area contributed by atoms with Crippen molar-refractivity contribution in [3.05, 3.63) is 59.1 Å². The van der Waals surface area contributed by atoms with Gasteiger partial charge in [-0.2, -0.15) is 0 Å². The van der Waals surface area contributed by atoms with Crippen molar-refractivity contribution in [2.75, 3.05) is 13.2 Å². The molecule has 0 aromatic heterocycles. The Bertz CT molecular complexity index is 1180. The molecular formula is C30H36N2O6. The Balaban J connectivity index is 1.78. The number of cyclic esters (lactones) is 2. The van der Waals surface area contributed by atoms with Crippen LogP contribution < -0.4 is 0 Å². The third kappa shape index (κ3) is 5.77. The zero-order chi connectivity index (χ0) is 27.4. The van der Waals surface area contributed by atoms with Gasteiger partial charge in [0.15, 0.2) is 0 Å². The summed E-state index contributed by atoms with van der Waals surface area (Å²) in [7, 11) is 0. The number of nitrogens with zero attached hydrogens (tertiary/aromatic N) is 2. The molecule has 4 amide bonds. The van der Waals surface area contributed by atoms with E-state index < -0.39 is 47.9 Å². The van der Waals surface area contributed by atoms with E-state index in [-0.39, 0.29) is 31.5 Å². The van der Waals surface area contributed by atoms with Crippen molar-refractivity contribution in [1.29, 1.82) is 0 Å². The van der Waals surface area contributed by atoms with E-state index in [1.54, 1.807) is 12.2 Å². The molecule has 2 fully saturated rings. The minimum Gasteiger partial charge on any atom is -0.447 e. The second-order valence-corrected chi connectivity index (χ2v) is 10.9. The van der Waals surface area contributed by atoms with Crippen LogP contribution in [-0.2, 0) is 19.1 Å². The van der Waals surface area contributed by atoms with Crippen LogP contribution in [0.25, 0.3) is 0 Å². The lowest BCUT2D eigenvalue weighted by Crippen LogP contribution is -2.51. The van der Waals surface area contributed by atoms with Crippen molar-refractivity contribution < 1.29 is 28.7 Å². The minimum atomic E-state index is -0.922. The predicted molar refractivity (Wildman–Crippen MR) is 141 cm³/mol. The Morgan fingerprint density at radius 1 is 0.921 bits per heavy atom. The fourth-order valence-electron chi connectivity index (χ4n) is 5.37. The number of imide groups is 2. The fourth-order valence-corrected chi connectivity index (χ4v) is 5.37. The van der Waals surface area contributed by atoms with Crippen molar-refractivity contribution in [2.45, 2.75) is 65.5 Å². The average Bonchev–Trinajstić information content (AvgIpc) is 3.49. The van der Waals surface area contributed by atoms with Crippen LogP contribution in [0.4, 0.5) is 9.59 Å². The number of hydrogen-bond acceptors (Lipinski definition) is 6. The zero-order valence-electron chi connectivity index (χ0n) is 22.5. The Labute approximate surface area is 224 Å². The van der Waals surface area contributed by atoms with E-state index >= 15 is 0 Å². The molecule has 0 bridgehead atoms. The van der Waals surface area contributed by atoms with Gasteiger partial charge in [0.2, 0.25) is 11.8 Å². The largest absolute Gasteiger partial charge is 0.447 e. The van der Waals surface area contributed by atoms with Crippen LogP contribution in [0.1, 0.15) is 53.4 Å². The molecule has 2 heterocycles. The van der Waals surface area contributed by atoms with E-state index in [0.717, 1.165) is 18.4 Å². The molecule has 0 spiro atoms. The predicted octanol–water partition coefficient (Wildman–Crippen LogP) is 5.09. The highest BCUT2D eigenvalue weighted by Crippen LogP contribution is 2.36. The van der Waals surface area contributed by atoms with Gasteiger partial charge < -0.3 is 9.47 Å². The van der Waals surface area contributed by atoms with Gasteiger partial charge in [0.1, 0.15) is 13.2 Å². The molecule has 0 aromatic rings. The van der Waals surface area contributed by atoms with E-state index in [1.807, 2.05) is 45.9 Å². The van der Waals surface area contributed by atoms with Crippen LogP contribution in [0.3, 0.4) is 0 Å². The fraction of sp³-hybridized carbons (Fsp3) is 0.533. The summed E-state index contributed by atoms with van der Waals surface area (Å²) in [5.74, 6) is -2.78. The van der Waals surface area contributed by atoms with Gasteiger partial charge in [-0.25, -0.2) is 19.4 Å². The van der Waals surface area contributed by atoms with E-state index in [4.69, 9.17) is 9.47 Å². The summed E-state index contributed by atoms with van der Waals surface area (Å²) in [5.41, 5.74) is 7.66. The molecule has 2 saturated heterocycles. The first-order valence-electron chi connectivity index (χ1n) is 13.4. The SMILES string of the molecule is CC(C)C1COC(=O)N1C(=O)[C@H](CC1=C=C=CC=C1)[C@@H](CC1=CC=CCC1)C(=O)N1C(=O)OCC1C(C)C. The van der Waals surface area contributed by atoms with Crippen LogP contribution in [0.2, 0.25) is 0 Å². The highest BCUT2D eigenvalue weighted by atomic mass is 16.6. The quantitative estimate of drug-likeness (QED) is 0.393. The molecule has 2 unspecified atom stereocenters. The summed E-state index contributed by atoms with van der Waals surface area (Å²) >= 11 is 0. The molecule has 8 nitrogen and oxygen atoms in total. The van der Waals surface area contributed by atoms with Crippen LogP contribution in [0, 0.1) is 23.7 Å². The molecule has 2 aliphatic carbocycles. The van der Waals surface area contributed by atoms with Gasteiger partial charge in [-0.3, -0.25) is 9.59 Å². The molecule has 202 valence electrons. The summed E-state index contributed by atoms with van der Waals surface area (Å²) in [6, 6.07) is -0.859. The number of rotatable bonds is 9. The van der Waals surface area contributed by atoms with Gasteiger partial charge in [0, 0.05) is 5.57 Å². The van der Waals surface area contributed by atoms with Gasteiger partial charge in [-0.1, -0.05) is 69.0 Å². The first-order chi connectivity index (χ1) is 18.2. The molecule has 4 rings (SSSR count). The maximum Gasteiger partial charge on any atom is 0.416 e. The molecule has 0 aromatic carbocycles. The number of hydrogen-bond donors (Lipinski definition) is 0. The Hall–Kier alpha value is -3.60. The lowest BCUT2D eigenvalue weighted by Gasteiger charge is -2.34. The topological polar surface area (TPSA) is 93.2 Å². The number of amides is 4. The molecule has 2 aliphatic heterocycles. The Morgan fingerprint density at radius 2 is 1.50 bits per heavy atom. The normalized spacial score (nSPS) is 24.1. The Morgan fingerprint density at radius 3 is 1.97 bits per heavy atom. The maximum atomic E-state index is 14.3. The van der Waals surface area contributed by atoms with Crippen molar-refractivity contribution >= 4 is 24.0 Å². The third-order valence-corrected chi connectivity index (χ3v) is 7.68. The number of ether oxygens (including phenoxy) is 2. The van der Waals surface area contributed by atoms with Crippen LogP contribution in [0.5, 0.6) is 0 Å². The third-order valence-electron chi connectivity index (χ3n) is 7.68. The lowest BCUT2D eigenvalue weighted by atomic mass is 9.78. The van der Waals surface area contributed by atoms with Gasteiger partial charge in [0.25, 0.3) is 0 Å². The minimum absolute atomic E-state index is 0.0204. The molecular weight excluding hydrogens is 484 g/mol. The van der Waals surface area contributed by atoms with Gasteiger partial charge in [0.05, 0.1) is 23.9 Å². The van der Waals surface area contributed by atoms with Crippen molar-refractivity contribution in [3.8, 4) is 0 Å². The number of allylic oxidation sites excluding steroid dienone is 8. The van der Waals surface area contributed by atoms with Gasteiger partial charge in [-0.15, -0.1) is 0 Å². The molecule has 0 radical (unpaired) electrons. The van der Waals surface area contributed by atoms with Crippen molar-refractivity contribution in [2.24, 2.45) is 23.7 Å². The molecule has 4 atom stereocenters. The van der Waals surface area contributed by atoms with Crippen LogP contribution in [0.15, 0.2) is 59.1 Å². The highest BCUT2D eigenvalue weighted by molar-refractivity contribution is 6.00. The second kappa shape index (κ2) is 11.8. The maximum absolute atomic E-state index is 14.3. The summed E-state index contributed by atoms with van der Waals surface area (Å²) < 4.78 is 10.6. The van der Waals surface area contributed by atoms with Crippen LogP contribution >= 0.6 is 0 Å². The summed E-state index contributed by atoms with van der Waals surface area (Å²) in [6.07, 6.45) is 12.0. The summed E-state index contributed by atoms with van der Waals surface area (Å²) in [4.78, 5) is 56.5. The lowest BCUT2D eigenvalue weighted by molar-refractivity contribution is -0.145. The average molecular weight is 521 g/mol. The summed E-state index contributed by atoms with van der Waals surface area (Å²) in [5, 5.41) is 0. The van der Waals surface area contributed by atoms with E-state index in [2.05, 4.69) is 17.5 Å². The first-order valence-corrected chi connectivity index (χ1v) is 13.4. The van der Waals surface area contributed by atoms with E-state index in [9.17, 15) is 19.2 Å². The molecule has 38 heavy (non-hydrogen) atoms.